The molecule has 1 saturated heterocycles. The molecule has 0 bridgehead atoms. The first-order valence-corrected chi connectivity index (χ1v) is 5.37. The summed E-state index contributed by atoms with van der Waals surface area (Å²) in [6, 6.07) is 6.15. The first-order chi connectivity index (χ1) is 8.06. The van der Waals surface area contributed by atoms with Gasteiger partial charge in [0.1, 0.15) is 5.75 Å². The van der Waals surface area contributed by atoms with Gasteiger partial charge in [-0.05, 0) is 24.1 Å². The SMILES string of the molecule is O=C1CC(C(=O)O)CC(c2cccc(O)c2)N1. The van der Waals surface area contributed by atoms with Crippen LogP contribution in [0.1, 0.15) is 24.4 Å². The number of piperidine rings is 1. The fourth-order valence-corrected chi connectivity index (χ4v) is 2.05. The Bertz CT molecular complexity index is 458. The van der Waals surface area contributed by atoms with Crippen LogP contribution >= 0.6 is 0 Å². The zero-order valence-corrected chi connectivity index (χ0v) is 9.09. The van der Waals surface area contributed by atoms with Crippen molar-refractivity contribution in [2.24, 2.45) is 5.92 Å². The second kappa shape index (κ2) is 4.45. The third-order valence-corrected chi connectivity index (χ3v) is 2.91. The number of hydrogen-bond acceptors (Lipinski definition) is 3. The molecule has 0 saturated carbocycles. The van der Waals surface area contributed by atoms with Crippen molar-refractivity contribution in [2.75, 3.05) is 0 Å². The number of amides is 1. The van der Waals surface area contributed by atoms with Gasteiger partial charge in [-0.25, -0.2) is 0 Å². The fraction of sp³-hybridized carbons (Fsp3) is 0.333. The van der Waals surface area contributed by atoms with Crippen molar-refractivity contribution in [1.82, 2.24) is 5.32 Å². The Balaban J connectivity index is 2.21. The second-order valence-electron chi connectivity index (χ2n) is 4.19. The summed E-state index contributed by atoms with van der Waals surface area (Å²) in [5, 5.41) is 21.0. The van der Waals surface area contributed by atoms with E-state index in [2.05, 4.69) is 5.32 Å². The predicted molar refractivity (Wildman–Crippen MR) is 59.4 cm³/mol. The number of carboxylic acid groups (broad SMARTS) is 1. The van der Waals surface area contributed by atoms with Gasteiger partial charge < -0.3 is 15.5 Å². The van der Waals surface area contributed by atoms with Gasteiger partial charge in [-0.2, -0.15) is 0 Å². The topological polar surface area (TPSA) is 86.6 Å². The molecule has 1 fully saturated rings. The molecule has 1 aliphatic rings. The van der Waals surface area contributed by atoms with E-state index in [1.54, 1.807) is 12.1 Å². The highest BCUT2D eigenvalue weighted by Crippen LogP contribution is 2.29. The molecule has 0 spiro atoms. The van der Waals surface area contributed by atoms with E-state index in [1.807, 2.05) is 0 Å². The maximum absolute atomic E-state index is 11.4. The van der Waals surface area contributed by atoms with Gasteiger partial charge >= 0.3 is 5.97 Å². The lowest BCUT2D eigenvalue weighted by Gasteiger charge is -2.27. The van der Waals surface area contributed by atoms with Crippen LogP contribution in [0.2, 0.25) is 0 Å². The molecule has 2 unspecified atom stereocenters. The van der Waals surface area contributed by atoms with Crippen LogP contribution in [0.25, 0.3) is 0 Å². The van der Waals surface area contributed by atoms with E-state index in [-0.39, 0.29) is 24.1 Å². The van der Waals surface area contributed by atoms with Gasteiger partial charge in [0, 0.05) is 6.42 Å². The minimum Gasteiger partial charge on any atom is -0.508 e. The van der Waals surface area contributed by atoms with E-state index in [1.165, 1.54) is 12.1 Å². The third-order valence-electron chi connectivity index (χ3n) is 2.91. The molecule has 2 atom stereocenters. The van der Waals surface area contributed by atoms with Gasteiger partial charge in [0.2, 0.25) is 5.91 Å². The van der Waals surface area contributed by atoms with Crippen molar-refractivity contribution in [3.63, 3.8) is 0 Å². The maximum atomic E-state index is 11.4. The largest absolute Gasteiger partial charge is 0.508 e. The van der Waals surface area contributed by atoms with Crippen LogP contribution < -0.4 is 5.32 Å². The summed E-state index contributed by atoms with van der Waals surface area (Å²) >= 11 is 0. The number of carboxylic acids is 1. The minimum atomic E-state index is -0.954. The lowest BCUT2D eigenvalue weighted by atomic mass is 9.88. The summed E-state index contributed by atoms with van der Waals surface area (Å²) in [6.07, 6.45) is 0.370. The number of aliphatic carboxylic acids is 1. The average Bonchev–Trinajstić information content (AvgIpc) is 2.28. The van der Waals surface area contributed by atoms with E-state index in [9.17, 15) is 14.7 Å². The van der Waals surface area contributed by atoms with Crippen LogP contribution in [0.3, 0.4) is 0 Å². The van der Waals surface area contributed by atoms with Crippen molar-refractivity contribution >= 4 is 11.9 Å². The summed E-state index contributed by atoms with van der Waals surface area (Å²) in [4.78, 5) is 22.3. The van der Waals surface area contributed by atoms with Crippen LogP contribution in [-0.4, -0.2) is 22.1 Å². The van der Waals surface area contributed by atoms with Gasteiger partial charge in [-0.3, -0.25) is 9.59 Å². The van der Waals surface area contributed by atoms with Crippen LogP contribution in [0.5, 0.6) is 5.75 Å². The Labute approximate surface area is 98.1 Å². The highest BCUT2D eigenvalue weighted by atomic mass is 16.4. The second-order valence-corrected chi connectivity index (χ2v) is 4.19. The number of phenols is 1. The lowest BCUT2D eigenvalue weighted by Crippen LogP contribution is -2.39. The molecular weight excluding hydrogens is 222 g/mol. The molecule has 90 valence electrons. The van der Waals surface area contributed by atoms with Crippen LogP contribution in [0, 0.1) is 5.92 Å². The molecule has 17 heavy (non-hydrogen) atoms. The average molecular weight is 235 g/mol. The minimum absolute atomic E-state index is 0.0185. The molecule has 2 rings (SSSR count). The summed E-state index contributed by atoms with van der Waals surface area (Å²) in [5.41, 5.74) is 0.726. The Hall–Kier alpha value is -2.04. The molecule has 0 aliphatic carbocycles. The van der Waals surface area contributed by atoms with Gasteiger partial charge in [0.25, 0.3) is 0 Å². The van der Waals surface area contributed by atoms with Gasteiger partial charge in [0.05, 0.1) is 12.0 Å². The summed E-state index contributed by atoms with van der Waals surface area (Å²) in [7, 11) is 0. The Morgan fingerprint density at radius 1 is 1.41 bits per heavy atom. The quantitative estimate of drug-likeness (QED) is 0.715. The number of carbonyl (C=O) groups is 2. The van der Waals surface area contributed by atoms with Crippen LogP contribution in [0.4, 0.5) is 0 Å². The molecule has 1 heterocycles. The highest BCUT2D eigenvalue weighted by Gasteiger charge is 2.31. The third kappa shape index (κ3) is 2.55. The molecule has 1 aromatic carbocycles. The number of benzene rings is 1. The normalized spacial score (nSPS) is 24.1. The molecule has 3 N–H and O–H groups in total. The molecular formula is C12H13NO4. The van der Waals surface area contributed by atoms with Crippen molar-refractivity contribution in [1.29, 1.82) is 0 Å². The molecule has 1 aliphatic heterocycles. The van der Waals surface area contributed by atoms with Gasteiger partial charge in [0.15, 0.2) is 0 Å². The van der Waals surface area contributed by atoms with Crippen LogP contribution in [-0.2, 0) is 9.59 Å². The number of phenolic OH excluding ortho intramolecular Hbond substituents is 1. The molecule has 5 heteroatoms. The molecule has 1 amide bonds. The standard InChI is InChI=1S/C12H13NO4/c14-9-3-1-2-7(4-9)10-5-8(12(16)17)6-11(15)13-10/h1-4,8,10,14H,5-6H2,(H,13,15)(H,16,17). The first kappa shape index (κ1) is 11.4. The van der Waals surface area contributed by atoms with E-state index < -0.39 is 11.9 Å². The van der Waals surface area contributed by atoms with E-state index in [0.29, 0.717) is 6.42 Å². The van der Waals surface area contributed by atoms with Crippen molar-refractivity contribution in [3.8, 4) is 5.75 Å². The fourth-order valence-electron chi connectivity index (χ4n) is 2.05. The Morgan fingerprint density at radius 2 is 2.18 bits per heavy atom. The number of rotatable bonds is 2. The maximum Gasteiger partial charge on any atom is 0.307 e. The summed E-state index contributed by atoms with van der Waals surface area (Å²) in [5.74, 6) is -1.77. The van der Waals surface area contributed by atoms with Crippen molar-refractivity contribution < 1.29 is 19.8 Å². The summed E-state index contributed by atoms with van der Waals surface area (Å²) < 4.78 is 0. The zero-order chi connectivity index (χ0) is 12.4. The summed E-state index contributed by atoms with van der Waals surface area (Å²) in [6.45, 7) is 0. The zero-order valence-electron chi connectivity index (χ0n) is 9.09. The highest BCUT2D eigenvalue weighted by molar-refractivity contribution is 5.84. The molecule has 5 nitrogen and oxygen atoms in total. The van der Waals surface area contributed by atoms with E-state index in [0.717, 1.165) is 5.56 Å². The number of hydrogen-bond donors (Lipinski definition) is 3. The van der Waals surface area contributed by atoms with Gasteiger partial charge in [-0.15, -0.1) is 0 Å². The first-order valence-electron chi connectivity index (χ1n) is 5.37. The monoisotopic (exact) mass is 235 g/mol. The van der Waals surface area contributed by atoms with Crippen LogP contribution in [0.15, 0.2) is 24.3 Å². The number of carbonyl (C=O) groups excluding carboxylic acids is 1. The molecule has 1 aromatic rings. The van der Waals surface area contributed by atoms with Gasteiger partial charge in [-0.1, -0.05) is 12.1 Å². The molecule has 0 radical (unpaired) electrons. The number of nitrogens with one attached hydrogen (secondary N) is 1. The van der Waals surface area contributed by atoms with Crippen molar-refractivity contribution in [3.05, 3.63) is 29.8 Å². The van der Waals surface area contributed by atoms with E-state index >= 15 is 0 Å². The Kier molecular flexibility index (Phi) is 2.99. The smallest absolute Gasteiger partial charge is 0.307 e. The Morgan fingerprint density at radius 3 is 2.82 bits per heavy atom. The lowest BCUT2D eigenvalue weighted by molar-refractivity contribution is -0.146. The predicted octanol–water partition coefficient (Wildman–Crippen LogP) is 1.04. The molecule has 0 aromatic heterocycles. The number of aromatic hydroxyl groups is 1. The van der Waals surface area contributed by atoms with Crippen molar-refractivity contribution in [2.45, 2.75) is 18.9 Å². The van der Waals surface area contributed by atoms with E-state index in [4.69, 9.17) is 5.11 Å².